The van der Waals surface area contributed by atoms with Gasteiger partial charge in [-0.1, -0.05) is 0 Å². The molecule has 0 amide bonds. The van der Waals surface area contributed by atoms with Crippen molar-refractivity contribution in [3.05, 3.63) is 18.3 Å². The highest BCUT2D eigenvalue weighted by Crippen LogP contribution is 2.26. The van der Waals surface area contributed by atoms with E-state index in [1.165, 1.54) is 12.1 Å². The first-order valence-electron chi connectivity index (χ1n) is 5.96. The monoisotopic (exact) mass is 276 g/mol. The first-order chi connectivity index (χ1) is 8.86. The summed E-state index contributed by atoms with van der Waals surface area (Å²) < 4.78 is 45.2. The Bertz CT molecular complexity index is 414. The number of hydrogen-bond donors (Lipinski definition) is 1. The maximum absolute atomic E-state index is 12.0. The van der Waals surface area contributed by atoms with Gasteiger partial charge in [0.05, 0.1) is 11.8 Å². The van der Waals surface area contributed by atoms with E-state index in [4.69, 9.17) is 4.74 Å². The standard InChI is InChI=1S/C12H15F3N2O2/c1-11(5-2-6-18-11)8-17-10-4-3-9(7-16-10)19-12(13,14)15/h3-4,7H,2,5-6,8H2,1H3,(H,16,17). The topological polar surface area (TPSA) is 43.4 Å². The SMILES string of the molecule is CC1(CNc2ccc(OC(F)(F)F)cn2)CCCO1. The zero-order valence-electron chi connectivity index (χ0n) is 10.5. The second kappa shape index (κ2) is 5.24. The third-order valence-electron chi connectivity index (χ3n) is 2.91. The molecule has 1 N–H and O–H groups in total. The number of ether oxygens (including phenoxy) is 2. The number of hydrogen-bond acceptors (Lipinski definition) is 4. The van der Waals surface area contributed by atoms with E-state index >= 15 is 0 Å². The van der Waals surface area contributed by atoms with Gasteiger partial charge < -0.3 is 14.8 Å². The fraction of sp³-hybridized carbons (Fsp3) is 0.583. The highest BCUT2D eigenvalue weighted by atomic mass is 19.4. The molecular weight excluding hydrogens is 261 g/mol. The van der Waals surface area contributed by atoms with Crippen molar-refractivity contribution in [3.63, 3.8) is 0 Å². The van der Waals surface area contributed by atoms with E-state index in [2.05, 4.69) is 15.0 Å². The molecular formula is C12H15F3N2O2. The Kier molecular flexibility index (Phi) is 3.84. The van der Waals surface area contributed by atoms with Crippen LogP contribution in [0.4, 0.5) is 19.0 Å². The summed E-state index contributed by atoms with van der Waals surface area (Å²) in [6, 6.07) is 2.67. The van der Waals surface area contributed by atoms with Crippen LogP contribution in [-0.2, 0) is 4.74 Å². The molecule has 1 saturated heterocycles. The van der Waals surface area contributed by atoms with Gasteiger partial charge in [-0.05, 0) is 31.9 Å². The zero-order chi connectivity index (χ0) is 13.9. The third-order valence-corrected chi connectivity index (χ3v) is 2.91. The van der Waals surface area contributed by atoms with E-state index in [-0.39, 0.29) is 11.4 Å². The molecule has 1 fully saturated rings. The number of anilines is 1. The minimum Gasteiger partial charge on any atom is -0.404 e. The van der Waals surface area contributed by atoms with Crippen LogP contribution in [0.5, 0.6) is 5.75 Å². The Morgan fingerprint density at radius 2 is 2.26 bits per heavy atom. The number of aromatic nitrogens is 1. The molecule has 2 rings (SSSR count). The lowest BCUT2D eigenvalue weighted by molar-refractivity contribution is -0.274. The fourth-order valence-electron chi connectivity index (χ4n) is 1.93. The van der Waals surface area contributed by atoms with E-state index < -0.39 is 6.36 Å². The number of rotatable bonds is 4. The first kappa shape index (κ1) is 13.9. The third kappa shape index (κ3) is 4.27. The molecule has 4 nitrogen and oxygen atoms in total. The van der Waals surface area contributed by atoms with Crippen molar-refractivity contribution >= 4 is 5.82 Å². The van der Waals surface area contributed by atoms with Gasteiger partial charge in [-0.25, -0.2) is 4.98 Å². The molecule has 2 heterocycles. The Hall–Kier alpha value is -1.50. The second-order valence-electron chi connectivity index (χ2n) is 4.68. The number of nitrogens with zero attached hydrogens (tertiary/aromatic N) is 1. The van der Waals surface area contributed by atoms with Crippen LogP contribution in [0.15, 0.2) is 18.3 Å². The van der Waals surface area contributed by atoms with E-state index in [1.54, 1.807) is 0 Å². The van der Waals surface area contributed by atoms with Gasteiger partial charge in [0.2, 0.25) is 0 Å². The Balaban J connectivity index is 1.88. The van der Waals surface area contributed by atoms with Crippen molar-refractivity contribution in [2.45, 2.75) is 31.7 Å². The minimum atomic E-state index is -4.69. The molecule has 0 spiro atoms. The van der Waals surface area contributed by atoms with Crippen molar-refractivity contribution < 1.29 is 22.6 Å². The van der Waals surface area contributed by atoms with Gasteiger partial charge in [0.1, 0.15) is 11.6 Å². The van der Waals surface area contributed by atoms with Crippen LogP contribution in [0.2, 0.25) is 0 Å². The van der Waals surface area contributed by atoms with Gasteiger partial charge in [0.25, 0.3) is 0 Å². The summed E-state index contributed by atoms with van der Waals surface area (Å²) in [4.78, 5) is 3.86. The van der Waals surface area contributed by atoms with Gasteiger partial charge in [0.15, 0.2) is 0 Å². The van der Waals surface area contributed by atoms with Crippen LogP contribution in [0.1, 0.15) is 19.8 Å². The minimum absolute atomic E-state index is 0.233. The largest absolute Gasteiger partial charge is 0.573 e. The van der Waals surface area contributed by atoms with Crippen molar-refractivity contribution in [1.29, 1.82) is 0 Å². The number of halogens is 3. The molecule has 0 aliphatic carbocycles. The molecule has 106 valence electrons. The molecule has 0 radical (unpaired) electrons. The van der Waals surface area contributed by atoms with Crippen molar-refractivity contribution in [1.82, 2.24) is 4.98 Å². The summed E-state index contributed by atoms with van der Waals surface area (Å²) in [5.41, 5.74) is -0.233. The Morgan fingerprint density at radius 1 is 1.47 bits per heavy atom. The first-order valence-corrected chi connectivity index (χ1v) is 5.96. The maximum Gasteiger partial charge on any atom is 0.573 e. The molecule has 7 heteroatoms. The smallest absolute Gasteiger partial charge is 0.404 e. The lowest BCUT2D eigenvalue weighted by atomic mass is 10.0. The summed E-state index contributed by atoms with van der Waals surface area (Å²) >= 11 is 0. The summed E-state index contributed by atoms with van der Waals surface area (Å²) in [5.74, 6) is 0.160. The molecule has 1 aliphatic rings. The van der Waals surface area contributed by atoms with Gasteiger partial charge in [0, 0.05) is 13.2 Å². The second-order valence-corrected chi connectivity index (χ2v) is 4.68. The number of nitrogens with one attached hydrogen (secondary N) is 1. The average molecular weight is 276 g/mol. The van der Waals surface area contributed by atoms with Crippen LogP contribution in [0.25, 0.3) is 0 Å². The normalized spacial score (nSPS) is 23.4. The van der Waals surface area contributed by atoms with Crippen LogP contribution in [0, 0.1) is 0 Å². The van der Waals surface area contributed by atoms with Gasteiger partial charge in [-0.15, -0.1) is 13.2 Å². The molecule has 0 saturated carbocycles. The Labute approximate surface area is 108 Å². The number of alkyl halides is 3. The van der Waals surface area contributed by atoms with E-state index in [1.807, 2.05) is 6.92 Å². The van der Waals surface area contributed by atoms with Crippen LogP contribution in [-0.4, -0.2) is 30.1 Å². The van der Waals surface area contributed by atoms with Crippen LogP contribution >= 0.6 is 0 Å². The van der Waals surface area contributed by atoms with Gasteiger partial charge >= 0.3 is 6.36 Å². The highest BCUT2D eigenvalue weighted by molar-refractivity contribution is 5.37. The lowest BCUT2D eigenvalue weighted by Gasteiger charge is -2.23. The highest BCUT2D eigenvalue weighted by Gasteiger charge is 2.31. The van der Waals surface area contributed by atoms with Crippen molar-refractivity contribution in [2.75, 3.05) is 18.5 Å². The molecule has 19 heavy (non-hydrogen) atoms. The predicted octanol–water partition coefficient (Wildman–Crippen LogP) is 2.96. The number of pyridine rings is 1. The van der Waals surface area contributed by atoms with Gasteiger partial charge in [-0.2, -0.15) is 0 Å². The maximum atomic E-state index is 12.0. The predicted molar refractivity (Wildman–Crippen MR) is 63.0 cm³/mol. The molecule has 1 unspecified atom stereocenters. The summed E-state index contributed by atoms with van der Waals surface area (Å²) in [6.07, 6.45) is -1.69. The van der Waals surface area contributed by atoms with Crippen molar-refractivity contribution in [2.24, 2.45) is 0 Å². The quantitative estimate of drug-likeness (QED) is 0.918. The average Bonchev–Trinajstić information content (AvgIpc) is 2.74. The summed E-state index contributed by atoms with van der Waals surface area (Å²) in [5, 5.41) is 3.04. The van der Waals surface area contributed by atoms with E-state index in [0.29, 0.717) is 12.4 Å². The van der Waals surface area contributed by atoms with Crippen LogP contribution < -0.4 is 10.1 Å². The molecule has 0 aromatic carbocycles. The van der Waals surface area contributed by atoms with Gasteiger partial charge in [-0.3, -0.25) is 0 Å². The van der Waals surface area contributed by atoms with E-state index in [0.717, 1.165) is 25.6 Å². The zero-order valence-corrected chi connectivity index (χ0v) is 10.5. The lowest BCUT2D eigenvalue weighted by Crippen LogP contribution is -2.32. The van der Waals surface area contributed by atoms with Crippen molar-refractivity contribution in [3.8, 4) is 5.75 Å². The molecule has 0 bridgehead atoms. The molecule has 1 atom stereocenters. The van der Waals surface area contributed by atoms with E-state index in [9.17, 15) is 13.2 Å². The fourth-order valence-corrected chi connectivity index (χ4v) is 1.93. The molecule has 1 aromatic heterocycles. The molecule has 1 aromatic rings. The Morgan fingerprint density at radius 3 is 2.79 bits per heavy atom. The summed E-state index contributed by atoms with van der Waals surface area (Å²) in [7, 11) is 0. The van der Waals surface area contributed by atoms with Crippen LogP contribution in [0.3, 0.4) is 0 Å². The molecule has 1 aliphatic heterocycles. The summed E-state index contributed by atoms with van der Waals surface area (Å²) in [6.45, 7) is 3.30.